The van der Waals surface area contributed by atoms with Crippen LogP contribution in [0.5, 0.6) is 0 Å². The third kappa shape index (κ3) is 2.98. The largest absolute Gasteiger partial charge is 0.271 e. The number of hydrogen-bond donors (Lipinski definition) is 0. The molecule has 1 aromatic heterocycles. The summed E-state index contributed by atoms with van der Waals surface area (Å²) in [5.41, 5.74) is -1.29. The number of alkyl halides is 2. The van der Waals surface area contributed by atoms with Crippen molar-refractivity contribution in [2.24, 2.45) is 7.05 Å². The lowest BCUT2D eigenvalue weighted by molar-refractivity contribution is 0.0939. The van der Waals surface area contributed by atoms with Crippen LogP contribution in [0, 0.1) is 27.9 Å². The van der Waals surface area contributed by atoms with Crippen molar-refractivity contribution in [1.82, 2.24) is 9.78 Å². The monoisotopic (exact) mass is 538 g/mol. The van der Waals surface area contributed by atoms with E-state index in [2.05, 4.69) is 5.10 Å². The summed E-state index contributed by atoms with van der Waals surface area (Å²) in [5.74, 6) is -5.76. The van der Waals surface area contributed by atoms with Gasteiger partial charge < -0.3 is 0 Å². The lowest BCUT2D eigenvalue weighted by Gasteiger charge is -2.22. The van der Waals surface area contributed by atoms with Gasteiger partial charge in [-0.1, -0.05) is 11.6 Å². The molecule has 0 saturated heterocycles. The summed E-state index contributed by atoms with van der Waals surface area (Å²) >= 11 is 7.86. The van der Waals surface area contributed by atoms with E-state index in [1.54, 1.807) is 29.5 Å². The Hall–Kier alpha value is -1.68. The second-order valence-corrected chi connectivity index (χ2v) is 8.66. The number of hydrogen-bond acceptors (Lipinski definition) is 1. The van der Waals surface area contributed by atoms with Gasteiger partial charge in [-0.25, -0.2) is 22.0 Å². The number of benzene rings is 2. The Morgan fingerprint density at radius 3 is 2.31 bits per heavy atom. The van der Waals surface area contributed by atoms with E-state index in [-0.39, 0.29) is 25.4 Å². The highest BCUT2D eigenvalue weighted by molar-refractivity contribution is 14.1. The molecule has 1 aliphatic rings. The van der Waals surface area contributed by atoms with Gasteiger partial charge in [-0.2, -0.15) is 5.10 Å². The molecule has 29 heavy (non-hydrogen) atoms. The molecule has 0 bridgehead atoms. The summed E-state index contributed by atoms with van der Waals surface area (Å²) in [4.78, 5) is 0. The minimum Gasteiger partial charge on any atom is -0.271 e. The molecule has 0 aliphatic heterocycles. The summed E-state index contributed by atoms with van der Waals surface area (Å²) in [7, 11) is 1.48. The van der Waals surface area contributed by atoms with Crippen LogP contribution in [0.4, 0.5) is 22.0 Å². The molecule has 2 aromatic carbocycles. The normalized spacial score (nSPS) is 20.2. The van der Waals surface area contributed by atoms with Gasteiger partial charge in [0.15, 0.2) is 0 Å². The third-order valence-electron chi connectivity index (χ3n) is 5.25. The highest BCUT2D eigenvalue weighted by atomic mass is 127. The molecular weight excluding hydrogens is 526 g/mol. The highest BCUT2D eigenvalue weighted by Gasteiger charge is 2.76. The maximum atomic E-state index is 14.9. The van der Waals surface area contributed by atoms with Gasteiger partial charge in [0.25, 0.3) is 5.92 Å². The molecule has 2 nitrogen and oxygen atoms in total. The summed E-state index contributed by atoms with van der Waals surface area (Å²) in [6, 6.07) is 5.24. The molecule has 3 aromatic rings. The highest BCUT2D eigenvalue weighted by Crippen LogP contribution is 2.67. The average molecular weight is 539 g/mol. The van der Waals surface area contributed by atoms with Crippen molar-refractivity contribution in [3.05, 3.63) is 73.3 Å². The molecule has 1 saturated carbocycles. The topological polar surface area (TPSA) is 17.8 Å². The molecule has 9 heteroatoms. The van der Waals surface area contributed by atoms with Crippen molar-refractivity contribution in [2.75, 3.05) is 0 Å². The van der Waals surface area contributed by atoms with Crippen LogP contribution in [0.15, 0.2) is 30.3 Å². The van der Waals surface area contributed by atoms with Crippen LogP contribution < -0.4 is 0 Å². The van der Waals surface area contributed by atoms with Crippen LogP contribution in [-0.4, -0.2) is 15.7 Å². The van der Waals surface area contributed by atoms with Crippen molar-refractivity contribution in [2.45, 2.75) is 24.7 Å². The number of halogens is 7. The summed E-state index contributed by atoms with van der Waals surface area (Å²) < 4.78 is 73.1. The maximum absolute atomic E-state index is 14.9. The average Bonchev–Trinajstić information content (AvgIpc) is 2.99. The molecule has 1 fully saturated rings. The van der Waals surface area contributed by atoms with Gasteiger partial charge in [0.2, 0.25) is 0 Å². The predicted octanol–water partition coefficient (Wildman–Crippen LogP) is 6.40. The van der Waals surface area contributed by atoms with Gasteiger partial charge in [-0.05, 0) is 53.8 Å². The van der Waals surface area contributed by atoms with Gasteiger partial charge in [0.05, 0.1) is 16.4 Å². The molecule has 1 aliphatic carbocycles. The van der Waals surface area contributed by atoms with Crippen LogP contribution in [0.3, 0.4) is 0 Å². The maximum Gasteiger partial charge on any atom is 0.264 e. The molecule has 4 rings (SSSR count). The summed E-state index contributed by atoms with van der Waals surface area (Å²) in [6.45, 7) is 1.61. The smallest absolute Gasteiger partial charge is 0.264 e. The fraction of sp³-hybridized carbons (Fsp3) is 0.250. The van der Waals surface area contributed by atoms with Crippen LogP contribution in [0.2, 0.25) is 5.02 Å². The Kier molecular flexibility index (Phi) is 4.73. The van der Waals surface area contributed by atoms with Crippen molar-refractivity contribution in [1.29, 1.82) is 0 Å². The molecule has 0 amide bonds. The van der Waals surface area contributed by atoms with E-state index in [0.717, 1.165) is 18.2 Å². The van der Waals surface area contributed by atoms with Gasteiger partial charge in [-0.15, -0.1) is 0 Å². The molecule has 1 heterocycles. The molecule has 0 radical (unpaired) electrons. The molecular formula is C20H13ClF5IN2. The van der Waals surface area contributed by atoms with Gasteiger partial charge in [0, 0.05) is 39.8 Å². The number of aromatic nitrogens is 2. The molecule has 1 atom stereocenters. The van der Waals surface area contributed by atoms with Crippen molar-refractivity contribution < 1.29 is 22.0 Å². The first-order valence-electron chi connectivity index (χ1n) is 8.52. The first-order chi connectivity index (χ1) is 13.5. The summed E-state index contributed by atoms with van der Waals surface area (Å²) in [5, 5.41) is 4.28. The molecule has 0 spiro atoms. The lowest BCUT2D eigenvalue weighted by Crippen LogP contribution is -2.25. The fourth-order valence-electron chi connectivity index (χ4n) is 4.05. The Bertz CT molecular complexity index is 1140. The quantitative estimate of drug-likeness (QED) is 0.279. The van der Waals surface area contributed by atoms with Crippen molar-refractivity contribution in [3.8, 4) is 11.1 Å². The molecule has 152 valence electrons. The first kappa shape index (κ1) is 20.6. The van der Waals surface area contributed by atoms with E-state index in [1.807, 2.05) is 0 Å². The van der Waals surface area contributed by atoms with Crippen molar-refractivity contribution in [3.63, 3.8) is 0 Å². The van der Waals surface area contributed by atoms with E-state index >= 15 is 0 Å². The first-order valence-corrected chi connectivity index (χ1v) is 9.97. The van der Waals surface area contributed by atoms with E-state index in [0.29, 0.717) is 17.3 Å². The molecule has 0 N–H and O–H groups in total. The zero-order valence-corrected chi connectivity index (χ0v) is 18.0. The Labute approximate surface area is 181 Å². The second kappa shape index (κ2) is 6.66. The predicted molar refractivity (Wildman–Crippen MR) is 108 cm³/mol. The van der Waals surface area contributed by atoms with E-state index in [9.17, 15) is 22.0 Å². The number of nitrogens with zero attached hydrogens (tertiary/aromatic N) is 2. The standard InChI is InChI=1S/C20H13ClF5IN2/c1-9-16(12-4-3-10(22)5-13(12)21)18(29(2)28-9)19(8-20(19,25)26)17-14(24)6-11(23)7-15(17)27/h3-7H,8H2,1-2H3. The van der Waals surface area contributed by atoms with Gasteiger partial charge in [0.1, 0.15) is 22.9 Å². The van der Waals surface area contributed by atoms with Gasteiger partial charge >= 0.3 is 0 Å². The van der Waals surface area contributed by atoms with E-state index in [1.165, 1.54) is 17.8 Å². The van der Waals surface area contributed by atoms with Crippen LogP contribution in [-0.2, 0) is 12.5 Å². The SMILES string of the molecule is Cc1nn(C)c(C2(c3c(F)cc(F)cc3I)CC2(F)F)c1-c1ccc(F)cc1Cl. The minimum atomic E-state index is -3.28. The van der Waals surface area contributed by atoms with E-state index < -0.39 is 35.2 Å². The summed E-state index contributed by atoms with van der Waals surface area (Å²) in [6.07, 6.45) is -0.663. The zero-order valence-electron chi connectivity index (χ0n) is 15.1. The second-order valence-electron chi connectivity index (χ2n) is 7.09. The number of rotatable bonds is 3. The van der Waals surface area contributed by atoms with Crippen LogP contribution in [0.1, 0.15) is 23.4 Å². The Morgan fingerprint density at radius 1 is 1.10 bits per heavy atom. The number of aryl methyl sites for hydroxylation is 2. The minimum absolute atomic E-state index is 0.0238. The van der Waals surface area contributed by atoms with E-state index in [4.69, 9.17) is 11.6 Å². The van der Waals surface area contributed by atoms with Crippen molar-refractivity contribution >= 4 is 34.2 Å². The fourth-order valence-corrected chi connectivity index (χ4v) is 5.33. The zero-order chi connectivity index (χ0) is 21.3. The lowest BCUT2D eigenvalue weighted by atomic mass is 9.86. The van der Waals surface area contributed by atoms with Crippen LogP contribution >= 0.6 is 34.2 Å². The van der Waals surface area contributed by atoms with Gasteiger partial charge in [-0.3, -0.25) is 4.68 Å². The third-order valence-corrected chi connectivity index (χ3v) is 6.41. The van der Waals surface area contributed by atoms with Crippen LogP contribution in [0.25, 0.3) is 11.1 Å². The molecule has 1 unspecified atom stereocenters. The Morgan fingerprint density at radius 2 is 1.76 bits per heavy atom. The Balaban J connectivity index is 2.07.